The van der Waals surface area contributed by atoms with Crippen molar-refractivity contribution in [3.8, 4) is 16.9 Å². The summed E-state index contributed by atoms with van der Waals surface area (Å²) in [7, 11) is 0. The largest absolute Gasteiger partial charge is 0.506 e. The molecule has 0 aliphatic carbocycles. The normalized spacial score (nSPS) is 10.4. The Kier molecular flexibility index (Phi) is 2.35. The molecule has 0 saturated heterocycles. The lowest BCUT2D eigenvalue weighted by atomic mass is 10.1. The highest BCUT2D eigenvalue weighted by Crippen LogP contribution is 2.37. The summed E-state index contributed by atoms with van der Waals surface area (Å²) in [6.07, 6.45) is 0. The standard InChI is InChI=1S/C10H8ClNOS/c11-9-4-7(12)3-8(10(9)13)6-1-2-14-5-6/h1-5,13H,12H2. The molecule has 2 rings (SSSR count). The Hall–Kier alpha value is -1.19. The number of rotatable bonds is 1. The zero-order valence-corrected chi connectivity index (χ0v) is 8.77. The number of benzene rings is 1. The Balaban J connectivity index is 2.64. The van der Waals surface area contributed by atoms with Crippen molar-refractivity contribution in [2.75, 3.05) is 5.73 Å². The number of hydrogen-bond acceptors (Lipinski definition) is 3. The van der Waals surface area contributed by atoms with Gasteiger partial charge < -0.3 is 10.8 Å². The Labute approximate surface area is 90.6 Å². The predicted molar refractivity (Wildman–Crippen MR) is 60.8 cm³/mol. The van der Waals surface area contributed by atoms with Crippen molar-refractivity contribution < 1.29 is 5.11 Å². The Morgan fingerprint density at radius 3 is 2.79 bits per heavy atom. The van der Waals surface area contributed by atoms with Crippen LogP contribution in [-0.2, 0) is 0 Å². The van der Waals surface area contributed by atoms with Gasteiger partial charge in [-0.3, -0.25) is 0 Å². The summed E-state index contributed by atoms with van der Waals surface area (Å²) >= 11 is 7.37. The molecule has 2 aromatic rings. The fourth-order valence-corrected chi connectivity index (χ4v) is 2.14. The molecule has 1 aromatic carbocycles. The first kappa shape index (κ1) is 9.37. The number of phenolic OH excluding ortho intramolecular Hbond substituents is 1. The SMILES string of the molecule is Nc1cc(Cl)c(O)c(-c2ccsc2)c1. The summed E-state index contributed by atoms with van der Waals surface area (Å²) in [5.74, 6) is 0.0827. The van der Waals surface area contributed by atoms with Gasteiger partial charge >= 0.3 is 0 Å². The molecule has 0 bridgehead atoms. The van der Waals surface area contributed by atoms with Crippen molar-refractivity contribution in [2.45, 2.75) is 0 Å². The molecule has 3 N–H and O–H groups in total. The molecule has 0 aliphatic rings. The van der Waals surface area contributed by atoms with Crippen LogP contribution in [0.25, 0.3) is 11.1 Å². The van der Waals surface area contributed by atoms with E-state index in [1.165, 1.54) is 6.07 Å². The zero-order valence-electron chi connectivity index (χ0n) is 7.20. The number of nitrogen functional groups attached to an aromatic ring is 1. The molecule has 0 atom stereocenters. The molecule has 72 valence electrons. The summed E-state index contributed by atoms with van der Waals surface area (Å²) in [5, 5.41) is 13.9. The summed E-state index contributed by atoms with van der Waals surface area (Å²) < 4.78 is 0. The molecule has 0 spiro atoms. The van der Waals surface area contributed by atoms with Gasteiger partial charge in [0.05, 0.1) is 5.02 Å². The molecule has 1 aromatic heterocycles. The van der Waals surface area contributed by atoms with E-state index in [1.54, 1.807) is 17.4 Å². The van der Waals surface area contributed by atoms with Gasteiger partial charge in [-0.05, 0) is 34.5 Å². The van der Waals surface area contributed by atoms with E-state index in [2.05, 4.69) is 0 Å². The summed E-state index contributed by atoms with van der Waals surface area (Å²) in [6.45, 7) is 0. The number of aromatic hydroxyl groups is 1. The molecule has 0 saturated carbocycles. The fourth-order valence-electron chi connectivity index (χ4n) is 1.26. The lowest BCUT2D eigenvalue weighted by Gasteiger charge is -2.05. The average Bonchev–Trinajstić information content (AvgIpc) is 2.63. The molecular weight excluding hydrogens is 218 g/mol. The van der Waals surface area contributed by atoms with E-state index >= 15 is 0 Å². The monoisotopic (exact) mass is 225 g/mol. The minimum Gasteiger partial charge on any atom is -0.506 e. The molecule has 0 unspecified atom stereocenters. The first-order valence-electron chi connectivity index (χ1n) is 3.99. The summed E-state index contributed by atoms with van der Waals surface area (Å²) in [4.78, 5) is 0. The predicted octanol–water partition coefficient (Wildman–Crippen LogP) is 3.36. The molecular formula is C10H8ClNOS. The summed E-state index contributed by atoms with van der Waals surface area (Å²) in [5.41, 5.74) is 7.80. The molecule has 0 radical (unpaired) electrons. The third kappa shape index (κ3) is 1.56. The maximum absolute atomic E-state index is 9.71. The van der Waals surface area contributed by atoms with Crippen LogP contribution in [0.3, 0.4) is 0 Å². The zero-order chi connectivity index (χ0) is 10.1. The van der Waals surface area contributed by atoms with E-state index in [4.69, 9.17) is 17.3 Å². The lowest BCUT2D eigenvalue weighted by Crippen LogP contribution is -1.86. The maximum atomic E-state index is 9.71. The van der Waals surface area contributed by atoms with Gasteiger partial charge in [-0.1, -0.05) is 11.6 Å². The smallest absolute Gasteiger partial charge is 0.142 e. The number of anilines is 1. The molecule has 0 fully saturated rings. The molecule has 0 aliphatic heterocycles. The van der Waals surface area contributed by atoms with Gasteiger partial charge in [0.15, 0.2) is 0 Å². The highest BCUT2D eigenvalue weighted by Gasteiger charge is 2.09. The van der Waals surface area contributed by atoms with Gasteiger partial charge in [-0.15, -0.1) is 0 Å². The van der Waals surface area contributed by atoms with E-state index in [1.807, 2.05) is 16.8 Å². The van der Waals surface area contributed by atoms with Gasteiger partial charge in [-0.2, -0.15) is 11.3 Å². The lowest BCUT2D eigenvalue weighted by molar-refractivity contribution is 0.477. The third-order valence-electron chi connectivity index (χ3n) is 1.92. The van der Waals surface area contributed by atoms with Crippen LogP contribution >= 0.6 is 22.9 Å². The number of nitrogens with two attached hydrogens (primary N) is 1. The van der Waals surface area contributed by atoms with Crippen molar-refractivity contribution in [1.29, 1.82) is 0 Å². The maximum Gasteiger partial charge on any atom is 0.142 e. The number of hydrogen-bond donors (Lipinski definition) is 2. The van der Waals surface area contributed by atoms with Gasteiger partial charge in [0.1, 0.15) is 5.75 Å². The Bertz CT molecular complexity index is 453. The molecule has 4 heteroatoms. The van der Waals surface area contributed by atoms with E-state index < -0.39 is 0 Å². The van der Waals surface area contributed by atoms with Crippen LogP contribution in [0.5, 0.6) is 5.75 Å². The van der Waals surface area contributed by atoms with Gasteiger partial charge in [-0.25, -0.2) is 0 Å². The first-order chi connectivity index (χ1) is 6.68. The average molecular weight is 226 g/mol. The van der Waals surface area contributed by atoms with E-state index in [0.717, 1.165) is 5.56 Å². The number of phenols is 1. The molecule has 2 nitrogen and oxygen atoms in total. The van der Waals surface area contributed by atoms with Crippen LogP contribution in [-0.4, -0.2) is 5.11 Å². The van der Waals surface area contributed by atoms with E-state index in [9.17, 15) is 5.11 Å². The quantitative estimate of drug-likeness (QED) is 0.578. The number of halogens is 1. The van der Waals surface area contributed by atoms with Crippen molar-refractivity contribution in [1.82, 2.24) is 0 Å². The third-order valence-corrected chi connectivity index (χ3v) is 2.89. The molecule has 1 heterocycles. The second kappa shape index (κ2) is 3.52. The van der Waals surface area contributed by atoms with Crippen LogP contribution < -0.4 is 5.73 Å². The van der Waals surface area contributed by atoms with Crippen LogP contribution in [0.2, 0.25) is 5.02 Å². The minimum atomic E-state index is 0.0827. The van der Waals surface area contributed by atoms with Crippen molar-refractivity contribution in [3.63, 3.8) is 0 Å². The highest BCUT2D eigenvalue weighted by molar-refractivity contribution is 7.08. The molecule has 0 amide bonds. The van der Waals surface area contributed by atoms with Crippen LogP contribution in [0.4, 0.5) is 5.69 Å². The summed E-state index contributed by atoms with van der Waals surface area (Å²) in [6, 6.07) is 5.16. The van der Waals surface area contributed by atoms with Crippen LogP contribution in [0, 0.1) is 0 Å². The first-order valence-corrected chi connectivity index (χ1v) is 5.31. The Morgan fingerprint density at radius 1 is 1.36 bits per heavy atom. The van der Waals surface area contributed by atoms with E-state index in [-0.39, 0.29) is 10.8 Å². The van der Waals surface area contributed by atoms with Gasteiger partial charge in [0, 0.05) is 11.3 Å². The highest BCUT2D eigenvalue weighted by atomic mass is 35.5. The van der Waals surface area contributed by atoms with Crippen molar-refractivity contribution >= 4 is 28.6 Å². The van der Waals surface area contributed by atoms with Gasteiger partial charge in [0.2, 0.25) is 0 Å². The van der Waals surface area contributed by atoms with Crippen molar-refractivity contribution in [2.24, 2.45) is 0 Å². The van der Waals surface area contributed by atoms with Crippen LogP contribution in [0.15, 0.2) is 29.0 Å². The second-order valence-corrected chi connectivity index (χ2v) is 4.10. The fraction of sp³-hybridized carbons (Fsp3) is 0. The number of thiophene rings is 1. The Morgan fingerprint density at radius 2 is 2.14 bits per heavy atom. The molecule has 14 heavy (non-hydrogen) atoms. The van der Waals surface area contributed by atoms with E-state index in [0.29, 0.717) is 11.3 Å². The van der Waals surface area contributed by atoms with Crippen LogP contribution in [0.1, 0.15) is 0 Å². The van der Waals surface area contributed by atoms with Gasteiger partial charge in [0.25, 0.3) is 0 Å². The second-order valence-electron chi connectivity index (χ2n) is 2.91. The van der Waals surface area contributed by atoms with Crippen molar-refractivity contribution in [3.05, 3.63) is 34.0 Å². The topological polar surface area (TPSA) is 46.2 Å². The minimum absolute atomic E-state index is 0.0827.